The molecule has 1 saturated heterocycles. The van der Waals surface area contributed by atoms with Crippen molar-refractivity contribution >= 4 is 23.0 Å². The van der Waals surface area contributed by atoms with E-state index in [-0.39, 0.29) is 11.7 Å². The molecule has 0 aromatic carbocycles. The van der Waals surface area contributed by atoms with Crippen molar-refractivity contribution in [2.24, 2.45) is 0 Å². The van der Waals surface area contributed by atoms with E-state index in [9.17, 15) is 9.59 Å². The Morgan fingerprint density at radius 1 is 1.09 bits per heavy atom. The van der Waals surface area contributed by atoms with E-state index in [1.54, 1.807) is 0 Å². The summed E-state index contributed by atoms with van der Waals surface area (Å²) in [5, 5.41) is 0. The molecule has 23 heavy (non-hydrogen) atoms. The van der Waals surface area contributed by atoms with Gasteiger partial charge in [0.15, 0.2) is 5.78 Å². The van der Waals surface area contributed by atoms with Gasteiger partial charge >= 0.3 is 0 Å². The predicted octanol–water partition coefficient (Wildman–Crippen LogP) is 3.11. The Kier molecular flexibility index (Phi) is 5.49. The minimum absolute atomic E-state index is 0.0982. The van der Waals surface area contributed by atoms with Crippen molar-refractivity contribution in [2.45, 2.75) is 51.5 Å². The molecule has 0 N–H and O–H groups in total. The molecule has 1 amide bonds. The number of ketones is 1. The number of piperazine rings is 1. The van der Waals surface area contributed by atoms with Crippen LogP contribution < -0.4 is 0 Å². The lowest BCUT2D eigenvalue weighted by atomic mass is 10.1. The maximum absolute atomic E-state index is 12.3. The summed E-state index contributed by atoms with van der Waals surface area (Å²) in [4.78, 5) is 30.8. The highest BCUT2D eigenvalue weighted by Crippen LogP contribution is 2.24. The molecule has 1 aliphatic carbocycles. The lowest BCUT2D eigenvalue weighted by molar-refractivity contribution is -0.133. The van der Waals surface area contributed by atoms with Gasteiger partial charge in [0.25, 0.3) is 0 Å². The zero-order chi connectivity index (χ0) is 16.2. The van der Waals surface area contributed by atoms with E-state index in [0.717, 1.165) is 42.0 Å². The topological polar surface area (TPSA) is 40.6 Å². The van der Waals surface area contributed by atoms with Gasteiger partial charge < -0.3 is 4.90 Å². The molecule has 126 valence electrons. The second-order valence-corrected chi connectivity index (χ2v) is 7.98. The van der Waals surface area contributed by atoms with Crippen molar-refractivity contribution in [3.05, 3.63) is 21.9 Å². The van der Waals surface area contributed by atoms with E-state index in [2.05, 4.69) is 4.90 Å². The van der Waals surface area contributed by atoms with Gasteiger partial charge in [0.05, 0.1) is 4.88 Å². The van der Waals surface area contributed by atoms with E-state index in [1.165, 1.54) is 37.0 Å². The first-order valence-corrected chi connectivity index (χ1v) is 9.56. The molecule has 3 rings (SSSR count). The van der Waals surface area contributed by atoms with Gasteiger partial charge in [-0.05, 0) is 31.9 Å². The Labute approximate surface area is 142 Å². The lowest BCUT2D eigenvalue weighted by Gasteiger charge is -2.38. The molecule has 0 unspecified atom stereocenters. The number of thiophene rings is 1. The fourth-order valence-corrected chi connectivity index (χ4v) is 4.53. The van der Waals surface area contributed by atoms with Crippen LogP contribution in [-0.2, 0) is 4.79 Å². The average molecular weight is 334 g/mol. The first-order valence-electron chi connectivity index (χ1n) is 8.75. The van der Waals surface area contributed by atoms with Crippen LogP contribution in [0.1, 0.15) is 53.1 Å². The number of carbonyl (C=O) groups excluding carboxylic acids is 2. The molecule has 2 heterocycles. The van der Waals surface area contributed by atoms with Gasteiger partial charge in [-0.1, -0.05) is 12.8 Å². The molecule has 1 aromatic heterocycles. The summed E-state index contributed by atoms with van der Waals surface area (Å²) < 4.78 is 0. The van der Waals surface area contributed by atoms with Crippen molar-refractivity contribution < 1.29 is 9.59 Å². The molecule has 2 fully saturated rings. The van der Waals surface area contributed by atoms with Gasteiger partial charge in [0.1, 0.15) is 0 Å². The van der Waals surface area contributed by atoms with Gasteiger partial charge in [-0.15, -0.1) is 11.3 Å². The number of nitrogens with zero attached hydrogens (tertiary/aromatic N) is 2. The number of amides is 1. The van der Waals surface area contributed by atoms with Gasteiger partial charge in [0.2, 0.25) is 5.91 Å². The van der Waals surface area contributed by atoms with Crippen LogP contribution in [0.5, 0.6) is 0 Å². The molecule has 1 aromatic rings. The van der Waals surface area contributed by atoms with Crippen LogP contribution in [-0.4, -0.2) is 53.7 Å². The molecule has 5 heteroatoms. The molecular weight excluding hydrogens is 308 g/mol. The van der Waals surface area contributed by atoms with Crippen LogP contribution in [0.3, 0.4) is 0 Å². The number of hydrogen-bond acceptors (Lipinski definition) is 4. The number of hydrogen-bond donors (Lipinski definition) is 0. The third-order valence-electron chi connectivity index (χ3n) is 5.09. The summed E-state index contributed by atoms with van der Waals surface area (Å²) in [6.07, 6.45) is 6.04. The second kappa shape index (κ2) is 7.58. The zero-order valence-electron chi connectivity index (χ0n) is 13.9. The highest BCUT2D eigenvalue weighted by molar-refractivity contribution is 7.14. The van der Waals surface area contributed by atoms with E-state index in [1.807, 2.05) is 24.0 Å². The molecular formula is C18H26N2O2S. The van der Waals surface area contributed by atoms with Crippen molar-refractivity contribution in [1.29, 1.82) is 0 Å². The highest BCUT2D eigenvalue weighted by atomic mass is 32.1. The van der Waals surface area contributed by atoms with Crippen LogP contribution in [0, 0.1) is 6.92 Å². The quantitative estimate of drug-likeness (QED) is 0.777. The van der Waals surface area contributed by atoms with Crippen molar-refractivity contribution in [3.63, 3.8) is 0 Å². The Bertz CT molecular complexity index is 555. The van der Waals surface area contributed by atoms with E-state index >= 15 is 0 Å². The van der Waals surface area contributed by atoms with E-state index < -0.39 is 0 Å². The summed E-state index contributed by atoms with van der Waals surface area (Å²) in [5.74, 6) is 0.235. The van der Waals surface area contributed by atoms with Crippen molar-refractivity contribution in [2.75, 3.05) is 26.2 Å². The van der Waals surface area contributed by atoms with Crippen molar-refractivity contribution in [3.8, 4) is 0 Å². The average Bonchev–Trinajstić information content (AvgIpc) is 3.24. The first-order chi connectivity index (χ1) is 11.1. The maximum atomic E-state index is 12.3. The van der Waals surface area contributed by atoms with Crippen molar-refractivity contribution in [1.82, 2.24) is 9.80 Å². The Morgan fingerprint density at radius 2 is 1.78 bits per heavy atom. The molecule has 1 saturated carbocycles. The maximum Gasteiger partial charge on any atom is 0.223 e. The van der Waals surface area contributed by atoms with Gasteiger partial charge in [-0.2, -0.15) is 0 Å². The molecule has 0 radical (unpaired) electrons. The molecule has 0 bridgehead atoms. The third kappa shape index (κ3) is 4.21. The highest BCUT2D eigenvalue weighted by Gasteiger charge is 2.27. The van der Waals surface area contributed by atoms with Crippen LogP contribution in [0.2, 0.25) is 0 Å². The normalized spacial score (nSPS) is 20.1. The Morgan fingerprint density at radius 3 is 2.39 bits per heavy atom. The van der Waals surface area contributed by atoms with E-state index in [4.69, 9.17) is 0 Å². The lowest BCUT2D eigenvalue weighted by Crippen LogP contribution is -2.51. The number of carbonyl (C=O) groups is 2. The van der Waals surface area contributed by atoms with Crippen LogP contribution in [0.4, 0.5) is 0 Å². The minimum Gasteiger partial charge on any atom is -0.340 e. The fraction of sp³-hybridized carbons (Fsp3) is 0.667. The minimum atomic E-state index is 0.0982. The molecule has 0 atom stereocenters. The van der Waals surface area contributed by atoms with Crippen LogP contribution in [0.15, 0.2) is 12.1 Å². The second-order valence-electron chi connectivity index (χ2n) is 6.69. The fourth-order valence-electron chi connectivity index (χ4n) is 3.69. The standard InChI is InChI=1S/C18H26N2O2S/c1-14-6-8-17(23-14)16(21)7-9-18(22)20-12-10-19(11-13-20)15-4-2-3-5-15/h6,8,15H,2-5,7,9-13H2,1H3. The SMILES string of the molecule is Cc1ccc(C(=O)CCC(=O)N2CCN(C3CCCC3)CC2)s1. The van der Waals surface area contributed by atoms with Gasteiger partial charge in [-0.3, -0.25) is 14.5 Å². The summed E-state index contributed by atoms with van der Waals surface area (Å²) in [6, 6.07) is 4.57. The van der Waals surface area contributed by atoms with Gasteiger partial charge in [-0.25, -0.2) is 0 Å². The third-order valence-corrected chi connectivity index (χ3v) is 6.13. The summed E-state index contributed by atoms with van der Waals surface area (Å²) >= 11 is 1.52. The molecule has 1 aliphatic heterocycles. The zero-order valence-corrected chi connectivity index (χ0v) is 14.7. The Balaban J connectivity index is 1.41. The largest absolute Gasteiger partial charge is 0.340 e. The van der Waals surface area contributed by atoms with Crippen LogP contribution >= 0.6 is 11.3 Å². The monoisotopic (exact) mass is 334 g/mol. The van der Waals surface area contributed by atoms with E-state index in [0.29, 0.717) is 12.8 Å². The number of aryl methyl sites for hydroxylation is 1. The molecule has 2 aliphatic rings. The summed E-state index contributed by atoms with van der Waals surface area (Å²) in [7, 11) is 0. The Hall–Kier alpha value is -1.20. The van der Waals surface area contributed by atoms with Crippen LogP contribution in [0.25, 0.3) is 0 Å². The number of rotatable bonds is 5. The smallest absolute Gasteiger partial charge is 0.223 e. The van der Waals surface area contributed by atoms with Gasteiger partial charge in [0, 0.05) is 49.9 Å². The first kappa shape index (κ1) is 16.7. The molecule has 0 spiro atoms. The predicted molar refractivity (Wildman–Crippen MR) is 93.0 cm³/mol. The number of Topliss-reactive ketones (excluding diaryl/α,β-unsaturated/α-hetero) is 1. The summed E-state index contributed by atoms with van der Waals surface area (Å²) in [6.45, 7) is 5.63. The molecule has 4 nitrogen and oxygen atoms in total. The summed E-state index contributed by atoms with van der Waals surface area (Å²) in [5.41, 5.74) is 0.